The second-order valence-electron chi connectivity index (χ2n) is 4.22. The summed E-state index contributed by atoms with van der Waals surface area (Å²) in [6, 6.07) is 8.10. The quantitative estimate of drug-likeness (QED) is 0.870. The molecule has 16 heavy (non-hydrogen) atoms. The van der Waals surface area contributed by atoms with Gasteiger partial charge in [0.1, 0.15) is 6.07 Å². The average Bonchev–Trinajstić information content (AvgIpc) is 2.80. The molecule has 0 saturated carbocycles. The van der Waals surface area contributed by atoms with E-state index in [4.69, 9.17) is 5.26 Å². The van der Waals surface area contributed by atoms with Crippen LogP contribution in [-0.4, -0.2) is 18.1 Å². The molecule has 0 spiro atoms. The highest BCUT2D eigenvalue weighted by molar-refractivity contribution is 7.99. The van der Waals surface area contributed by atoms with Crippen LogP contribution in [0.1, 0.15) is 17.5 Å². The number of anilines is 1. The molecule has 2 nitrogen and oxygen atoms in total. The van der Waals surface area contributed by atoms with Crippen LogP contribution in [0, 0.1) is 24.2 Å². The third-order valence-electron chi connectivity index (χ3n) is 2.98. The molecule has 1 aromatic rings. The molecule has 2 rings (SSSR count). The lowest BCUT2D eigenvalue weighted by molar-refractivity contribution is 0.631. The van der Waals surface area contributed by atoms with Crippen LogP contribution >= 0.6 is 11.8 Å². The van der Waals surface area contributed by atoms with Crippen molar-refractivity contribution in [3.05, 3.63) is 29.3 Å². The highest BCUT2D eigenvalue weighted by Gasteiger charge is 2.15. The van der Waals surface area contributed by atoms with Crippen LogP contribution in [-0.2, 0) is 0 Å². The first-order valence-corrected chi connectivity index (χ1v) is 6.78. The zero-order valence-electron chi connectivity index (χ0n) is 9.49. The molecule has 1 atom stereocenters. The Morgan fingerprint density at radius 1 is 1.56 bits per heavy atom. The van der Waals surface area contributed by atoms with Crippen LogP contribution in [0.3, 0.4) is 0 Å². The predicted molar refractivity (Wildman–Crippen MR) is 69.8 cm³/mol. The van der Waals surface area contributed by atoms with E-state index in [0.29, 0.717) is 0 Å². The van der Waals surface area contributed by atoms with E-state index in [9.17, 15) is 0 Å². The molecule has 3 heteroatoms. The monoisotopic (exact) mass is 232 g/mol. The Balaban J connectivity index is 2.05. The summed E-state index contributed by atoms with van der Waals surface area (Å²) in [5, 5.41) is 12.5. The summed E-state index contributed by atoms with van der Waals surface area (Å²) in [6.07, 6.45) is 1.30. The van der Waals surface area contributed by atoms with Gasteiger partial charge in [-0.3, -0.25) is 0 Å². The molecule has 1 heterocycles. The van der Waals surface area contributed by atoms with Crippen molar-refractivity contribution in [2.75, 3.05) is 23.4 Å². The summed E-state index contributed by atoms with van der Waals surface area (Å²) in [5.41, 5.74) is 2.93. The van der Waals surface area contributed by atoms with Gasteiger partial charge in [-0.1, -0.05) is 12.1 Å². The van der Waals surface area contributed by atoms with Gasteiger partial charge in [0.05, 0.1) is 11.3 Å². The fraction of sp³-hybridized carbons (Fsp3) is 0.462. The van der Waals surface area contributed by atoms with E-state index in [1.165, 1.54) is 17.9 Å². The molecule has 1 aliphatic rings. The molecular formula is C13H16N2S. The van der Waals surface area contributed by atoms with Crippen molar-refractivity contribution >= 4 is 17.4 Å². The number of benzene rings is 1. The van der Waals surface area contributed by atoms with Crippen molar-refractivity contribution < 1.29 is 0 Å². The summed E-state index contributed by atoms with van der Waals surface area (Å²) in [7, 11) is 0. The SMILES string of the molecule is Cc1cccc(C#N)c1NCC1CCSC1. The number of nitriles is 1. The Morgan fingerprint density at radius 3 is 3.12 bits per heavy atom. The number of para-hydroxylation sites is 1. The Labute approximate surface area is 101 Å². The third kappa shape index (κ3) is 2.51. The van der Waals surface area contributed by atoms with E-state index in [-0.39, 0.29) is 0 Å². The number of aryl methyl sites for hydroxylation is 1. The fourth-order valence-electron chi connectivity index (χ4n) is 1.99. The number of nitrogens with one attached hydrogen (secondary N) is 1. The largest absolute Gasteiger partial charge is 0.383 e. The van der Waals surface area contributed by atoms with Crippen LogP contribution in [0.4, 0.5) is 5.69 Å². The molecule has 1 unspecified atom stereocenters. The van der Waals surface area contributed by atoms with E-state index in [1.807, 2.05) is 36.9 Å². The summed E-state index contributed by atoms with van der Waals surface area (Å²) in [6.45, 7) is 3.04. The molecule has 1 aromatic carbocycles. The number of hydrogen-bond acceptors (Lipinski definition) is 3. The van der Waals surface area contributed by atoms with Gasteiger partial charge < -0.3 is 5.32 Å². The minimum absolute atomic E-state index is 0.755. The van der Waals surface area contributed by atoms with Crippen LogP contribution in [0.5, 0.6) is 0 Å². The van der Waals surface area contributed by atoms with Gasteiger partial charge in [0.2, 0.25) is 0 Å². The van der Waals surface area contributed by atoms with E-state index in [1.54, 1.807) is 0 Å². The van der Waals surface area contributed by atoms with Gasteiger partial charge in [0.25, 0.3) is 0 Å². The van der Waals surface area contributed by atoms with Gasteiger partial charge in [0.15, 0.2) is 0 Å². The van der Waals surface area contributed by atoms with Crippen molar-refractivity contribution in [3.8, 4) is 6.07 Å². The zero-order chi connectivity index (χ0) is 11.4. The Kier molecular flexibility index (Phi) is 3.74. The first-order valence-electron chi connectivity index (χ1n) is 5.62. The normalized spacial score (nSPS) is 19.4. The number of hydrogen-bond donors (Lipinski definition) is 1. The lowest BCUT2D eigenvalue weighted by Crippen LogP contribution is -2.14. The van der Waals surface area contributed by atoms with Gasteiger partial charge in [-0.2, -0.15) is 17.0 Å². The van der Waals surface area contributed by atoms with Crippen LogP contribution in [0.25, 0.3) is 0 Å². The molecule has 0 aromatic heterocycles. The molecule has 0 amide bonds. The van der Waals surface area contributed by atoms with E-state index in [2.05, 4.69) is 11.4 Å². The second-order valence-corrected chi connectivity index (χ2v) is 5.37. The fourth-order valence-corrected chi connectivity index (χ4v) is 3.27. The summed E-state index contributed by atoms with van der Waals surface area (Å²) >= 11 is 2.03. The topological polar surface area (TPSA) is 35.8 Å². The minimum Gasteiger partial charge on any atom is -0.383 e. The van der Waals surface area contributed by atoms with Gasteiger partial charge in [0, 0.05) is 6.54 Å². The van der Waals surface area contributed by atoms with E-state index < -0.39 is 0 Å². The highest BCUT2D eigenvalue weighted by Crippen LogP contribution is 2.25. The van der Waals surface area contributed by atoms with Crippen molar-refractivity contribution in [1.29, 1.82) is 5.26 Å². The first kappa shape index (κ1) is 11.3. The maximum absolute atomic E-state index is 9.04. The molecule has 1 fully saturated rings. The van der Waals surface area contributed by atoms with Crippen LogP contribution in [0.2, 0.25) is 0 Å². The molecule has 0 aliphatic carbocycles. The maximum atomic E-state index is 9.04. The van der Waals surface area contributed by atoms with Gasteiger partial charge in [-0.15, -0.1) is 0 Å². The molecule has 0 bridgehead atoms. The molecule has 1 aliphatic heterocycles. The number of thioether (sulfide) groups is 1. The summed E-state index contributed by atoms with van der Waals surface area (Å²) < 4.78 is 0. The second kappa shape index (κ2) is 5.27. The van der Waals surface area contributed by atoms with Crippen molar-refractivity contribution in [2.24, 2.45) is 5.92 Å². The van der Waals surface area contributed by atoms with Gasteiger partial charge in [-0.25, -0.2) is 0 Å². The molecule has 84 valence electrons. The maximum Gasteiger partial charge on any atom is 0.101 e. The van der Waals surface area contributed by atoms with Crippen molar-refractivity contribution in [2.45, 2.75) is 13.3 Å². The van der Waals surface area contributed by atoms with Crippen LogP contribution in [0.15, 0.2) is 18.2 Å². The molecular weight excluding hydrogens is 216 g/mol. The summed E-state index contributed by atoms with van der Waals surface area (Å²) in [4.78, 5) is 0. The van der Waals surface area contributed by atoms with Crippen LogP contribution < -0.4 is 5.32 Å². The summed E-state index contributed by atoms with van der Waals surface area (Å²) in [5.74, 6) is 3.29. The lowest BCUT2D eigenvalue weighted by Gasteiger charge is -2.14. The van der Waals surface area contributed by atoms with Gasteiger partial charge in [-0.05, 0) is 42.4 Å². The Bertz CT molecular complexity index is 403. The standard InChI is InChI=1S/C13H16N2S/c1-10-3-2-4-12(7-14)13(10)15-8-11-5-6-16-9-11/h2-4,11,15H,5-6,8-9H2,1H3. The highest BCUT2D eigenvalue weighted by atomic mass is 32.2. The smallest absolute Gasteiger partial charge is 0.101 e. The average molecular weight is 232 g/mol. The Hall–Kier alpha value is -1.14. The Morgan fingerprint density at radius 2 is 2.44 bits per heavy atom. The van der Waals surface area contributed by atoms with E-state index >= 15 is 0 Å². The first-order chi connectivity index (χ1) is 7.81. The molecule has 0 radical (unpaired) electrons. The molecule has 1 N–H and O–H groups in total. The molecule has 1 saturated heterocycles. The minimum atomic E-state index is 0.755. The third-order valence-corrected chi connectivity index (χ3v) is 4.22. The van der Waals surface area contributed by atoms with Crippen molar-refractivity contribution in [1.82, 2.24) is 0 Å². The zero-order valence-corrected chi connectivity index (χ0v) is 10.3. The predicted octanol–water partition coefficient (Wildman–Crippen LogP) is 3.03. The van der Waals surface area contributed by atoms with Gasteiger partial charge >= 0.3 is 0 Å². The number of nitrogens with zero attached hydrogens (tertiary/aromatic N) is 1. The number of rotatable bonds is 3. The van der Waals surface area contributed by atoms with E-state index in [0.717, 1.165) is 29.3 Å². The van der Waals surface area contributed by atoms with Crippen molar-refractivity contribution in [3.63, 3.8) is 0 Å². The lowest BCUT2D eigenvalue weighted by atomic mass is 10.1.